The molecule has 4 rings (SSSR count). The van der Waals surface area contributed by atoms with Crippen molar-refractivity contribution in [1.29, 1.82) is 0 Å². The first kappa shape index (κ1) is 19.8. The maximum absolute atomic E-state index is 13.1. The first-order chi connectivity index (χ1) is 14.3. The molecular weight excluding hydrogens is 382 g/mol. The van der Waals surface area contributed by atoms with Gasteiger partial charge in [-0.1, -0.05) is 12.1 Å². The summed E-state index contributed by atoms with van der Waals surface area (Å²) in [5.41, 5.74) is 5.01. The maximum atomic E-state index is 13.1. The molecule has 0 radical (unpaired) electrons. The summed E-state index contributed by atoms with van der Waals surface area (Å²) >= 11 is 0. The van der Waals surface area contributed by atoms with Gasteiger partial charge in [-0.3, -0.25) is 14.2 Å². The zero-order valence-corrected chi connectivity index (χ0v) is 17.8. The average Bonchev–Trinajstić information content (AvgIpc) is 3.38. The minimum absolute atomic E-state index is 0.181. The van der Waals surface area contributed by atoms with Crippen molar-refractivity contribution in [3.05, 3.63) is 47.2 Å². The summed E-state index contributed by atoms with van der Waals surface area (Å²) in [7, 11) is 1.83. The second-order valence-corrected chi connectivity index (χ2v) is 7.83. The van der Waals surface area contributed by atoms with Gasteiger partial charge in [0.1, 0.15) is 0 Å². The van der Waals surface area contributed by atoms with Gasteiger partial charge in [0.15, 0.2) is 0 Å². The molecule has 0 aliphatic heterocycles. The van der Waals surface area contributed by atoms with Gasteiger partial charge in [-0.2, -0.15) is 10.2 Å². The van der Waals surface area contributed by atoms with E-state index in [-0.39, 0.29) is 11.8 Å². The number of fused-ring (bicyclic) bond motifs is 1. The second kappa shape index (κ2) is 7.74. The van der Waals surface area contributed by atoms with Crippen LogP contribution in [-0.2, 0) is 13.6 Å². The van der Waals surface area contributed by atoms with Crippen molar-refractivity contribution in [2.45, 2.75) is 34.2 Å². The molecule has 1 N–H and O–H groups in total. The van der Waals surface area contributed by atoms with Gasteiger partial charge in [-0.25, -0.2) is 4.98 Å². The van der Waals surface area contributed by atoms with Crippen LogP contribution in [0.2, 0.25) is 0 Å². The Morgan fingerprint density at radius 3 is 2.73 bits per heavy atom. The van der Waals surface area contributed by atoms with Gasteiger partial charge >= 0.3 is 0 Å². The van der Waals surface area contributed by atoms with E-state index in [0.717, 1.165) is 23.5 Å². The lowest BCUT2D eigenvalue weighted by Gasteiger charge is -2.14. The standard InChI is InChI=1S/C21H25N7O2/c1-12(10-28-14(3)6-13(2)25-28)8-22-20(29)17-7-18(16-9-23-27(5)11-16)24-21-19(17)15(4)26-30-21/h6-7,9,11-12H,8,10H2,1-5H3,(H,22,29)/t12-/m0/s1. The van der Waals surface area contributed by atoms with E-state index >= 15 is 0 Å². The summed E-state index contributed by atoms with van der Waals surface area (Å²) in [5, 5.41) is 16.3. The molecule has 4 heterocycles. The number of hydrogen-bond donors (Lipinski definition) is 1. The van der Waals surface area contributed by atoms with E-state index in [2.05, 4.69) is 32.6 Å². The molecule has 9 heteroatoms. The Labute approximate surface area is 174 Å². The fraction of sp³-hybridized carbons (Fsp3) is 0.381. The summed E-state index contributed by atoms with van der Waals surface area (Å²) in [5.74, 6) is 0.0321. The van der Waals surface area contributed by atoms with Crippen LogP contribution in [0.3, 0.4) is 0 Å². The van der Waals surface area contributed by atoms with Gasteiger partial charge in [0.25, 0.3) is 11.6 Å². The third kappa shape index (κ3) is 3.83. The molecule has 0 fully saturated rings. The zero-order valence-electron chi connectivity index (χ0n) is 17.8. The van der Waals surface area contributed by atoms with Gasteiger partial charge in [0.2, 0.25) is 0 Å². The molecule has 0 unspecified atom stereocenters. The van der Waals surface area contributed by atoms with E-state index in [1.807, 2.05) is 37.8 Å². The molecule has 0 saturated heterocycles. The predicted octanol–water partition coefficient (Wildman–Crippen LogP) is 2.81. The largest absolute Gasteiger partial charge is 0.352 e. The number of hydrogen-bond acceptors (Lipinski definition) is 6. The molecule has 4 aromatic heterocycles. The molecule has 0 aliphatic carbocycles. The van der Waals surface area contributed by atoms with E-state index in [4.69, 9.17) is 4.52 Å². The van der Waals surface area contributed by atoms with Gasteiger partial charge in [0, 0.05) is 37.6 Å². The van der Waals surface area contributed by atoms with E-state index in [9.17, 15) is 4.79 Å². The van der Waals surface area contributed by atoms with Gasteiger partial charge in [-0.15, -0.1) is 0 Å². The van der Waals surface area contributed by atoms with Crippen LogP contribution in [0.25, 0.3) is 22.4 Å². The summed E-state index contributed by atoms with van der Waals surface area (Å²) < 4.78 is 9.01. The zero-order chi connectivity index (χ0) is 21.4. The number of amides is 1. The minimum Gasteiger partial charge on any atom is -0.352 e. The smallest absolute Gasteiger partial charge is 0.259 e. The maximum Gasteiger partial charge on any atom is 0.259 e. The SMILES string of the molecule is Cc1cc(C)n(C[C@@H](C)CNC(=O)c2cc(-c3cnn(C)c3)nc3onc(C)c23)n1. The Morgan fingerprint density at radius 2 is 2.07 bits per heavy atom. The van der Waals surface area contributed by atoms with Crippen LogP contribution >= 0.6 is 0 Å². The topological polar surface area (TPSA) is 104 Å². The van der Waals surface area contributed by atoms with Gasteiger partial charge < -0.3 is 9.84 Å². The minimum atomic E-state index is -0.181. The highest BCUT2D eigenvalue weighted by Gasteiger charge is 2.20. The summed E-state index contributed by atoms with van der Waals surface area (Å²) in [4.78, 5) is 17.6. The number of aryl methyl sites for hydroxylation is 4. The van der Waals surface area contributed by atoms with Crippen LogP contribution < -0.4 is 5.32 Å². The van der Waals surface area contributed by atoms with Crippen molar-refractivity contribution in [1.82, 2.24) is 35.0 Å². The lowest BCUT2D eigenvalue weighted by molar-refractivity contribution is 0.0948. The number of carbonyl (C=O) groups is 1. The number of aromatic nitrogens is 6. The van der Waals surface area contributed by atoms with Crippen LogP contribution in [0.15, 0.2) is 29.0 Å². The van der Waals surface area contributed by atoms with E-state index in [0.29, 0.717) is 34.6 Å². The molecule has 156 valence electrons. The van der Waals surface area contributed by atoms with E-state index < -0.39 is 0 Å². The molecule has 0 saturated carbocycles. The third-order valence-corrected chi connectivity index (χ3v) is 5.06. The van der Waals surface area contributed by atoms with Crippen molar-refractivity contribution in [3.63, 3.8) is 0 Å². The number of rotatable bonds is 6. The fourth-order valence-electron chi connectivity index (χ4n) is 3.56. The first-order valence-electron chi connectivity index (χ1n) is 9.87. The van der Waals surface area contributed by atoms with Crippen LogP contribution in [0.1, 0.15) is 34.4 Å². The monoisotopic (exact) mass is 407 g/mol. The van der Waals surface area contributed by atoms with Crippen LogP contribution in [0.5, 0.6) is 0 Å². The van der Waals surface area contributed by atoms with E-state index in [1.54, 1.807) is 23.9 Å². The van der Waals surface area contributed by atoms with Crippen molar-refractivity contribution in [3.8, 4) is 11.3 Å². The number of nitrogens with zero attached hydrogens (tertiary/aromatic N) is 6. The predicted molar refractivity (Wildman–Crippen MR) is 112 cm³/mol. The highest BCUT2D eigenvalue weighted by atomic mass is 16.5. The third-order valence-electron chi connectivity index (χ3n) is 5.06. The average molecular weight is 407 g/mol. The Hall–Kier alpha value is -3.49. The Bertz CT molecular complexity index is 1220. The Kier molecular flexibility index (Phi) is 5.11. The molecular formula is C21H25N7O2. The molecule has 9 nitrogen and oxygen atoms in total. The lowest BCUT2D eigenvalue weighted by Crippen LogP contribution is -2.30. The van der Waals surface area contributed by atoms with Crippen LogP contribution in [0.4, 0.5) is 0 Å². The normalized spacial score (nSPS) is 12.4. The molecule has 0 bridgehead atoms. The molecule has 0 aromatic carbocycles. The summed E-state index contributed by atoms with van der Waals surface area (Å²) in [6.45, 7) is 9.16. The van der Waals surface area contributed by atoms with Crippen molar-refractivity contribution < 1.29 is 9.32 Å². The fourth-order valence-corrected chi connectivity index (χ4v) is 3.56. The first-order valence-corrected chi connectivity index (χ1v) is 9.87. The Balaban J connectivity index is 1.56. The highest BCUT2D eigenvalue weighted by Crippen LogP contribution is 2.26. The molecule has 1 atom stereocenters. The summed E-state index contributed by atoms with van der Waals surface area (Å²) in [6.07, 6.45) is 3.55. The number of pyridine rings is 1. The van der Waals surface area contributed by atoms with Crippen molar-refractivity contribution >= 4 is 17.0 Å². The van der Waals surface area contributed by atoms with Crippen molar-refractivity contribution in [2.75, 3.05) is 6.54 Å². The van der Waals surface area contributed by atoms with Gasteiger partial charge in [0.05, 0.1) is 34.2 Å². The quantitative estimate of drug-likeness (QED) is 0.527. The lowest BCUT2D eigenvalue weighted by atomic mass is 10.1. The molecule has 1 amide bonds. The Morgan fingerprint density at radius 1 is 1.27 bits per heavy atom. The molecule has 0 aliphatic rings. The number of carbonyl (C=O) groups excluding carboxylic acids is 1. The van der Waals surface area contributed by atoms with Crippen molar-refractivity contribution in [2.24, 2.45) is 13.0 Å². The molecule has 30 heavy (non-hydrogen) atoms. The summed E-state index contributed by atoms with van der Waals surface area (Å²) in [6, 6.07) is 3.82. The van der Waals surface area contributed by atoms with Crippen LogP contribution in [-0.4, -0.2) is 42.2 Å². The van der Waals surface area contributed by atoms with E-state index in [1.165, 1.54) is 0 Å². The highest BCUT2D eigenvalue weighted by molar-refractivity contribution is 6.06. The number of nitrogens with one attached hydrogen (secondary N) is 1. The molecule has 0 spiro atoms. The second-order valence-electron chi connectivity index (χ2n) is 7.83. The van der Waals surface area contributed by atoms with Crippen LogP contribution in [0, 0.1) is 26.7 Å². The van der Waals surface area contributed by atoms with Gasteiger partial charge in [-0.05, 0) is 38.8 Å². The molecule has 4 aromatic rings.